The van der Waals surface area contributed by atoms with Gasteiger partial charge >= 0.3 is 0 Å². The Kier molecular flexibility index (Phi) is 6.51. The first-order valence-corrected chi connectivity index (χ1v) is 10.1. The fourth-order valence-electron chi connectivity index (χ4n) is 2.97. The number of rotatable bonds is 7. The molecule has 3 rings (SSSR count). The van der Waals surface area contributed by atoms with Gasteiger partial charge in [0, 0.05) is 18.3 Å². The summed E-state index contributed by atoms with van der Waals surface area (Å²) >= 11 is 3.32. The Morgan fingerprint density at radius 1 is 1.30 bits per heavy atom. The van der Waals surface area contributed by atoms with Crippen LogP contribution < -0.4 is 10.1 Å². The zero-order chi connectivity index (χ0) is 21.8. The zero-order valence-electron chi connectivity index (χ0n) is 16.8. The van der Waals surface area contributed by atoms with Gasteiger partial charge in [0.05, 0.1) is 27.3 Å². The number of ether oxygens (including phenoxy) is 1. The molecular formula is C21H21BrN4O4. The molecule has 1 aromatic heterocycles. The number of nitro groups is 1. The first-order chi connectivity index (χ1) is 14.3. The second-order valence-electron chi connectivity index (χ2n) is 6.90. The van der Waals surface area contributed by atoms with E-state index >= 15 is 0 Å². The first-order valence-electron chi connectivity index (χ1n) is 9.32. The molecule has 1 N–H and O–H groups in total. The Morgan fingerprint density at radius 2 is 2.07 bits per heavy atom. The minimum atomic E-state index is -0.557. The molecule has 30 heavy (non-hydrogen) atoms. The summed E-state index contributed by atoms with van der Waals surface area (Å²) in [5.74, 6) is 0.537. The van der Waals surface area contributed by atoms with Gasteiger partial charge in [-0.2, -0.15) is 5.10 Å². The number of halogens is 1. The summed E-state index contributed by atoms with van der Waals surface area (Å²) in [6.07, 6.45) is 3.80. The van der Waals surface area contributed by atoms with E-state index in [2.05, 4.69) is 26.3 Å². The number of anilines is 1. The summed E-state index contributed by atoms with van der Waals surface area (Å²) in [6.45, 7) is 5.69. The minimum absolute atomic E-state index is 0.178. The van der Waals surface area contributed by atoms with Crippen molar-refractivity contribution in [3.8, 4) is 11.5 Å². The lowest BCUT2D eigenvalue weighted by Gasteiger charge is -2.16. The number of carbonyl (C=O) groups is 1. The van der Waals surface area contributed by atoms with E-state index in [0.717, 1.165) is 15.6 Å². The molecule has 3 aromatic rings. The Bertz CT molecular complexity index is 1100. The molecule has 0 aliphatic carbocycles. The number of nitro benzene ring substituents is 1. The Labute approximate surface area is 182 Å². The standard InChI is InChI=1S/C21H21BrN4O4/c1-4-19(25-12-15(22)11-23-25)21(27)24-16-8-17(26(28)29)10-18(9-16)30-20-7-13(2)5-6-14(20)3/h5-12,19H,4H2,1-3H3,(H,24,27). The number of aromatic nitrogens is 2. The van der Waals surface area contributed by atoms with Gasteiger partial charge in [-0.15, -0.1) is 0 Å². The first kappa shape index (κ1) is 21.5. The van der Waals surface area contributed by atoms with Crippen LogP contribution in [0.3, 0.4) is 0 Å². The lowest BCUT2D eigenvalue weighted by atomic mass is 10.1. The van der Waals surface area contributed by atoms with Crippen LogP contribution in [0.5, 0.6) is 11.5 Å². The third-order valence-electron chi connectivity index (χ3n) is 4.52. The van der Waals surface area contributed by atoms with Crippen LogP contribution in [0.1, 0.15) is 30.5 Å². The Balaban J connectivity index is 1.89. The fraction of sp³-hybridized carbons (Fsp3) is 0.238. The number of nitrogens with one attached hydrogen (secondary N) is 1. The van der Waals surface area contributed by atoms with Gasteiger partial charge in [-0.25, -0.2) is 0 Å². The number of amides is 1. The number of carbonyl (C=O) groups excluding carboxylic acids is 1. The molecule has 0 saturated carbocycles. The van der Waals surface area contributed by atoms with Gasteiger partial charge < -0.3 is 10.1 Å². The number of benzene rings is 2. The Hall–Kier alpha value is -3.20. The summed E-state index contributed by atoms with van der Waals surface area (Å²) in [5.41, 5.74) is 2.00. The molecule has 1 amide bonds. The van der Waals surface area contributed by atoms with E-state index in [9.17, 15) is 14.9 Å². The van der Waals surface area contributed by atoms with Crippen LogP contribution in [-0.4, -0.2) is 20.6 Å². The van der Waals surface area contributed by atoms with Gasteiger partial charge in [-0.1, -0.05) is 19.1 Å². The molecule has 8 nitrogen and oxygen atoms in total. The fourth-order valence-corrected chi connectivity index (χ4v) is 3.27. The monoisotopic (exact) mass is 472 g/mol. The van der Waals surface area contributed by atoms with Crippen molar-refractivity contribution in [2.24, 2.45) is 0 Å². The van der Waals surface area contributed by atoms with E-state index in [4.69, 9.17) is 4.74 Å². The van der Waals surface area contributed by atoms with Crippen molar-refractivity contribution in [1.82, 2.24) is 9.78 Å². The lowest BCUT2D eigenvalue weighted by molar-refractivity contribution is -0.384. The predicted molar refractivity (Wildman–Crippen MR) is 117 cm³/mol. The molecule has 1 unspecified atom stereocenters. The smallest absolute Gasteiger partial charge is 0.275 e. The van der Waals surface area contributed by atoms with Crippen LogP contribution in [0.2, 0.25) is 0 Å². The molecule has 0 spiro atoms. The van der Waals surface area contributed by atoms with E-state index < -0.39 is 11.0 Å². The largest absolute Gasteiger partial charge is 0.457 e. The van der Waals surface area contributed by atoms with Crippen LogP contribution in [0.4, 0.5) is 11.4 Å². The van der Waals surface area contributed by atoms with E-state index in [-0.39, 0.29) is 23.0 Å². The number of hydrogen-bond acceptors (Lipinski definition) is 5. The lowest BCUT2D eigenvalue weighted by Crippen LogP contribution is -2.26. The second-order valence-corrected chi connectivity index (χ2v) is 7.81. The maximum Gasteiger partial charge on any atom is 0.275 e. The van der Waals surface area contributed by atoms with Crippen molar-refractivity contribution in [1.29, 1.82) is 0 Å². The molecule has 0 aliphatic heterocycles. The van der Waals surface area contributed by atoms with E-state index in [0.29, 0.717) is 12.2 Å². The number of aryl methyl sites for hydroxylation is 2. The SMILES string of the molecule is CCC(C(=O)Nc1cc(Oc2cc(C)ccc2C)cc([N+](=O)[O-])c1)n1cc(Br)cn1. The van der Waals surface area contributed by atoms with Gasteiger partial charge in [-0.05, 0) is 53.4 Å². The van der Waals surface area contributed by atoms with Gasteiger partial charge in [0.25, 0.3) is 5.69 Å². The normalized spacial score (nSPS) is 11.7. The molecule has 9 heteroatoms. The summed E-state index contributed by atoms with van der Waals surface area (Å²) in [7, 11) is 0. The van der Waals surface area contributed by atoms with E-state index in [1.54, 1.807) is 23.1 Å². The van der Waals surface area contributed by atoms with Gasteiger partial charge in [0.15, 0.2) is 0 Å². The molecule has 0 bridgehead atoms. The zero-order valence-corrected chi connectivity index (χ0v) is 18.3. The minimum Gasteiger partial charge on any atom is -0.457 e. The summed E-state index contributed by atoms with van der Waals surface area (Å²) < 4.78 is 8.20. The van der Waals surface area contributed by atoms with Gasteiger partial charge in [0.2, 0.25) is 5.91 Å². The molecule has 2 aromatic carbocycles. The van der Waals surface area contributed by atoms with Crippen molar-refractivity contribution in [2.75, 3.05) is 5.32 Å². The topological polar surface area (TPSA) is 99.3 Å². The van der Waals surface area contributed by atoms with Crippen LogP contribution in [-0.2, 0) is 4.79 Å². The average Bonchev–Trinajstić information content (AvgIpc) is 3.11. The maximum absolute atomic E-state index is 12.8. The highest BCUT2D eigenvalue weighted by atomic mass is 79.9. The van der Waals surface area contributed by atoms with E-state index in [1.165, 1.54) is 12.1 Å². The molecule has 1 heterocycles. The number of nitrogens with zero attached hydrogens (tertiary/aromatic N) is 3. The number of hydrogen-bond donors (Lipinski definition) is 1. The summed E-state index contributed by atoms with van der Waals surface area (Å²) in [4.78, 5) is 23.7. The van der Waals surface area contributed by atoms with Crippen molar-refractivity contribution >= 4 is 33.2 Å². The highest BCUT2D eigenvalue weighted by Crippen LogP contribution is 2.32. The van der Waals surface area contributed by atoms with Crippen LogP contribution in [0.25, 0.3) is 0 Å². The summed E-state index contributed by atoms with van der Waals surface area (Å²) in [5, 5.41) is 18.3. The molecule has 156 valence electrons. The van der Waals surface area contributed by atoms with E-state index in [1.807, 2.05) is 39.0 Å². The highest BCUT2D eigenvalue weighted by Gasteiger charge is 2.21. The highest BCUT2D eigenvalue weighted by molar-refractivity contribution is 9.10. The average molecular weight is 473 g/mol. The maximum atomic E-state index is 12.8. The van der Waals surface area contributed by atoms with Gasteiger partial charge in [0.1, 0.15) is 17.5 Å². The molecule has 0 fully saturated rings. The molecule has 0 saturated heterocycles. The van der Waals surface area contributed by atoms with Crippen LogP contribution in [0.15, 0.2) is 53.3 Å². The van der Waals surface area contributed by atoms with Crippen LogP contribution >= 0.6 is 15.9 Å². The Morgan fingerprint density at radius 3 is 2.70 bits per heavy atom. The van der Waals surface area contributed by atoms with Gasteiger partial charge in [-0.3, -0.25) is 19.6 Å². The molecular weight excluding hydrogens is 452 g/mol. The van der Waals surface area contributed by atoms with Crippen molar-refractivity contribution in [3.05, 3.63) is 74.5 Å². The second kappa shape index (κ2) is 9.08. The van der Waals surface area contributed by atoms with Crippen LogP contribution in [0, 0.1) is 24.0 Å². The predicted octanol–water partition coefficient (Wildman–Crippen LogP) is 5.55. The van der Waals surface area contributed by atoms with Crippen molar-refractivity contribution in [2.45, 2.75) is 33.2 Å². The van der Waals surface area contributed by atoms with Crippen molar-refractivity contribution in [3.63, 3.8) is 0 Å². The summed E-state index contributed by atoms with van der Waals surface area (Å²) in [6, 6.07) is 9.38. The molecule has 1 atom stereocenters. The quantitative estimate of drug-likeness (QED) is 0.358. The van der Waals surface area contributed by atoms with Crippen molar-refractivity contribution < 1.29 is 14.5 Å². The molecule has 0 aliphatic rings. The number of non-ortho nitro benzene ring substituents is 1. The molecule has 0 radical (unpaired) electrons. The third-order valence-corrected chi connectivity index (χ3v) is 4.93. The third kappa shape index (κ3) is 5.04.